The molecular formula is C12H14N4. The molecule has 0 atom stereocenters. The smallest absolute Gasteiger partial charge is 0.161 e. The molecule has 0 spiro atoms. The van der Waals surface area contributed by atoms with Gasteiger partial charge in [0.15, 0.2) is 5.82 Å². The van der Waals surface area contributed by atoms with Crippen LogP contribution >= 0.6 is 0 Å². The van der Waals surface area contributed by atoms with Crippen molar-refractivity contribution < 1.29 is 0 Å². The first kappa shape index (κ1) is 10.6. The van der Waals surface area contributed by atoms with Crippen molar-refractivity contribution in [1.82, 2.24) is 9.97 Å². The van der Waals surface area contributed by atoms with E-state index >= 15 is 0 Å². The number of aryl methyl sites for hydroxylation is 1. The van der Waals surface area contributed by atoms with E-state index < -0.39 is 0 Å². The van der Waals surface area contributed by atoms with Crippen molar-refractivity contribution in [2.45, 2.75) is 13.8 Å². The minimum absolute atomic E-state index is 0.673. The number of rotatable bonds is 2. The Kier molecular flexibility index (Phi) is 2.83. The monoisotopic (exact) mass is 214 g/mol. The molecular weight excluding hydrogens is 200 g/mol. The van der Waals surface area contributed by atoms with Crippen molar-refractivity contribution >= 4 is 5.82 Å². The fraction of sp³-hybridized carbons (Fsp3) is 0.167. The van der Waals surface area contributed by atoms with Crippen LogP contribution in [0.15, 0.2) is 30.3 Å². The number of hydrogen-bond acceptors (Lipinski definition) is 4. The fourth-order valence-electron chi connectivity index (χ4n) is 1.49. The van der Waals surface area contributed by atoms with Crippen molar-refractivity contribution in [3.63, 3.8) is 0 Å². The molecule has 0 saturated carbocycles. The summed E-state index contributed by atoms with van der Waals surface area (Å²) >= 11 is 0. The molecule has 1 aromatic carbocycles. The van der Waals surface area contributed by atoms with E-state index in [4.69, 9.17) is 5.84 Å². The van der Waals surface area contributed by atoms with Gasteiger partial charge in [-0.1, -0.05) is 30.3 Å². The van der Waals surface area contributed by atoms with Crippen molar-refractivity contribution in [3.8, 4) is 11.4 Å². The van der Waals surface area contributed by atoms with E-state index in [-0.39, 0.29) is 0 Å². The van der Waals surface area contributed by atoms with Gasteiger partial charge in [-0.05, 0) is 13.8 Å². The molecule has 2 aromatic rings. The van der Waals surface area contributed by atoms with Crippen LogP contribution in [0.25, 0.3) is 11.4 Å². The standard InChI is InChI=1S/C12H14N4/c1-8-9(2)14-12(15-11(8)16-13)10-6-4-3-5-7-10/h3-7H,13H2,1-2H3,(H,14,15,16). The highest BCUT2D eigenvalue weighted by Crippen LogP contribution is 2.20. The van der Waals surface area contributed by atoms with Crippen molar-refractivity contribution in [2.75, 3.05) is 5.43 Å². The molecule has 0 aliphatic heterocycles. The minimum Gasteiger partial charge on any atom is -0.308 e. The number of nitrogens with zero attached hydrogens (tertiary/aromatic N) is 2. The van der Waals surface area contributed by atoms with Gasteiger partial charge in [0.05, 0.1) is 0 Å². The normalized spacial score (nSPS) is 10.2. The average molecular weight is 214 g/mol. The summed E-state index contributed by atoms with van der Waals surface area (Å²) < 4.78 is 0. The van der Waals surface area contributed by atoms with Gasteiger partial charge < -0.3 is 5.43 Å². The molecule has 0 radical (unpaired) electrons. The second-order valence-corrected chi connectivity index (χ2v) is 3.62. The van der Waals surface area contributed by atoms with E-state index in [0.717, 1.165) is 16.8 Å². The molecule has 3 N–H and O–H groups in total. The molecule has 0 unspecified atom stereocenters. The van der Waals surface area contributed by atoms with Crippen molar-refractivity contribution in [1.29, 1.82) is 0 Å². The molecule has 0 aliphatic carbocycles. The quantitative estimate of drug-likeness (QED) is 0.593. The Morgan fingerprint density at radius 1 is 1.06 bits per heavy atom. The highest BCUT2D eigenvalue weighted by atomic mass is 15.3. The minimum atomic E-state index is 0.673. The molecule has 0 aliphatic rings. The van der Waals surface area contributed by atoms with Gasteiger partial charge in [-0.3, -0.25) is 0 Å². The number of nitrogens with one attached hydrogen (secondary N) is 1. The van der Waals surface area contributed by atoms with Crippen LogP contribution in [0, 0.1) is 13.8 Å². The molecule has 4 heteroatoms. The lowest BCUT2D eigenvalue weighted by Gasteiger charge is -2.09. The van der Waals surface area contributed by atoms with E-state index in [1.54, 1.807) is 0 Å². The Hall–Kier alpha value is -1.94. The summed E-state index contributed by atoms with van der Waals surface area (Å²) in [6, 6.07) is 9.84. The maximum Gasteiger partial charge on any atom is 0.161 e. The van der Waals surface area contributed by atoms with Crippen LogP contribution in [-0.4, -0.2) is 9.97 Å². The van der Waals surface area contributed by atoms with E-state index in [0.29, 0.717) is 11.6 Å². The largest absolute Gasteiger partial charge is 0.308 e. The lowest BCUT2D eigenvalue weighted by Crippen LogP contribution is -2.12. The molecule has 0 saturated heterocycles. The number of benzene rings is 1. The maximum absolute atomic E-state index is 5.43. The molecule has 82 valence electrons. The van der Waals surface area contributed by atoms with Gasteiger partial charge in [0, 0.05) is 16.8 Å². The summed E-state index contributed by atoms with van der Waals surface area (Å²) in [6.07, 6.45) is 0. The van der Waals surface area contributed by atoms with Gasteiger partial charge in [0.2, 0.25) is 0 Å². The molecule has 2 rings (SSSR count). The van der Waals surface area contributed by atoms with Gasteiger partial charge >= 0.3 is 0 Å². The Morgan fingerprint density at radius 3 is 2.38 bits per heavy atom. The molecule has 0 fully saturated rings. The zero-order valence-electron chi connectivity index (χ0n) is 9.36. The Morgan fingerprint density at radius 2 is 1.75 bits per heavy atom. The summed E-state index contributed by atoms with van der Waals surface area (Å²) in [5.41, 5.74) is 5.49. The number of aromatic nitrogens is 2. The summed E-state index contributed by atoms with van der Waals surface area (Å²) in [6.45, 7) is 3.89. The summed E-state index contributed by atoms with van der Waals surface area (Å²) in [4.78, 5) is 8.82. The second-order valence-electron chi connectivity index (χ2n) is 3.62. The van der Waals surface area contributed by atoms with Gasteiger partial charge in [-0.15, -0.1) is 0 Å². The zero-order chi connectivity index (χ0) is 11.5. The predicted molar refractivity (Wildman–Crippen MR) is 64.8 cm³/mol. The van der Waals surface area contributed by atoms with E-state index in [2.05, 4.69) is 15.4 Å². The third kappa shape index (κ3) is 1.87. The Labute approximate surface area is 94.5 Å². The highest BCUT2D eigenvalue weighted by Gasteiger charge is 2.07. The number of nitrogens with two attached hydrogens (primary N) is 1. The van der Waals surface area contributed by atoms with E-state index in [9.17, 15) is 0 Å². The number of nitrogen functional groups attached to an aromatic ring is 1. The Bertz CT molecular complexity index is 494. The molecule has 0 amide bonds. The predicted octanol–water partition coefficient (Wildman–Crippen LogP) is 2.05. The molecule has 1 aromatic heterocycles. The lowest BCUT2D eigenvalue weighted by molar-refractivity contribution is 1.06. The third-order valence-corrected chi connectivity index (χ3v) is 2.56. The first-order valence-corrected chi connectivity index (χ1v) is 5.09. The number of anilines is 1. The fourth-order valence-corrected chi connectivity index (χ4v) is 1.49. The van der Waals surface area contributed by atoms with Crippen molar-refractivity contribution in [3.05, 3.63) is 41.6 Å². The topological polar surface area (TPSA) is 63.8 Å². The zero-order valence-corrected chi connectivity index (χ0v) is 9.36. The SMILES string of the molecule is Cc1nc(-c2ccccc2)nc(NN)c1C. The average Bonchev–Trinajstić information content (AvgIpc) is 2.33. The molecule has 0 bridgehead atoms. The number of hydrazine groups is 1. The summed E-state index contributed by atoms with van der Waals surface area (Å²) in [7, 11) is 0. The van der Waals surface area contributed by atoms with Crippen LogP contribution in [0.5, 0.6) is 0 Å². The van der Waals surface area contributed by atoms with Crippen LogP contribution in [0.1, 0.15) is 11.3 Å². The van der Waals surface area contributed by atoms with Gasteiger partial charge in [0.1, 0.15) is 5.82 Å². The lowest BCUT2D eigenvalue weighted by atomic mass is 10.2. The summed E-state index contributed by atoms with van der Waals surface area (Å²) in [5.74, 6) is 6.79. The van der Waals surface area contributed by atoms with Gasteiger partial charge in [-0.2, -0.15) is 0 Å². The van der Waals surface area contributed by atoms with E-state index in [1.165, 1.54) is 0 Å². The maximum atomic E-state index is 5.43. The first-order chi connectivity index (χ1) is 7.72. The van der Waals surface area contributed by atoms with E-state index in [1.807, 2.05) is 44.2 Å². The van der Waals surface area contributed by atoms with Crippen LogP contribution in [0.4, 0.5) is 5.82 Å². The third-order valence-electron chi connectivity index (χ3n) is 2.56. The van der Waals surface area contributed by atoms with Gasteiger partial charge in [-0.25, -0.2) is 15.8 Å². The Balaban J connectivity index is 2.55. The second kappa shape index (κ2) is 4.28. The highest BCUT2D eigenvalue weighted by molar-refractivity contribution is 5.59. The summed E-state index contributed by atoms with van der Waals surface area (Å²) in [5, 5.41) is 0. The molecule has 1 heterocycles. The van der Waals surface area contributed by atoms with Crippen molar-refractivity contribution in [2.24, 2.45) is 5.84 Å². The number of hydrogen-bond donors (Lipinski definition) is 2. The van der Waals surface area contributed by atoms with Crippen LogP contribution < -0.4 is 11.3 Å². The molecule has 16 heavy (non-hydrogen) atoms. The first-order valence-electron chi connectivity index (χ1n) is 5.09. The van der Waals surface area contributed by atoms with Crippen LogP contribution in [-0.2, 0) is 0 Å². The van der Waals surface area contributed by atoms with Crippen LogP contribution in [0.2, 0.25) is 0 Å². The van der Waals surface area contributed by atoms with Crippen LogP contribution in [0.3, 0.4) is 0 Å². The van der Waals surface area contributed by atoms with Gasteiger partial charge in [0.25, 0.3) is 0 Å². The molecule has 4 nitrogen and oxygen atoms in total.